The standard InChI is InChI=1S/C27H27N5S/c1-7-8-21(26-12-11-25(33-26)16(2)3)22-13-24(30-19(22)6)27-18(5)23(31-32-27)10-9-17(4)20-14-28-29-15-20/h7-15,30-31H,1-2,5H2,3-4,6H3,(H,28,29)/b17-9+,21-8+,23-10+. The van der Waals surface area contributed by atoms with Crippen LogP contribution in [0.5, 0.6) is 0 Å². The zero-order chi connectivity index (χ0) is 23.5. The molecule has 166 valence electrons. The minimum atomic E-state index is 0.803. The van der Waals surface area contributed by atoms with Gasteiger partial charge in [-0.25, -0.2) is 0 Å². The van der Waals surface area contributed by atoms with Crippen LogP contribution in [0.4, 0.5) is 0 Å². The van der Waals surface area contributed by atoms with Gasteiger partial charge in [0, 0.05) is 43.6 Å². The third kappa shape index (κ3) is 4.52. The second-order valence-corrected chi connectivity index (χ2v) is 9.03. The van der Waals surface area contributed by atoms with Gasteiger partial charge in [0.25, 0.3) is 0 Å². The molecule has 0 radical (unpaired) electrons. The monoisotopic (exact) mass is 453 g/mol. The number of hydrogen-bond donors (Lipinski definition) is 3. The maximum absolute atomic E-state index is 4.54. The highest BCUT2D eigenvalue weighted by molar-refractivity contribution is 7.14. The van der Waals surface area contributed by atoms with E-state index in [0.717, 1.165) is 55.5 Å². The molecule has 4 heterocycles. The molecular formula is C27H27N5S. The molecule has 0 aliphatic rings. The van der Waals surface area contributed by atoms with Gasteiger partial charge < -0.3 is 4.98 Å². The summed E-state index contributed by atoms with van der Waals surface area (Å²) in [5.41, 5.74) is 8.23. The fraction of sp³-hybridized carbons (Fsp3) is 0.111. The van der Waals surface area contributed by atoms with Gasteiger partial charge in [0.2, 0.25) is 0 Å². The van der Waals surface area contributed by atoms with Crippen molar-refractivity contribution in [3.8, 4) is 11.4 Å². The van der Waals surface area contributed by atoms with Crippen LogP contribution < -0.4 is 10.6 Å². The quantitative estimate of drug-likeness (QED) is 0.326. The number of thiophene rings is 1. The number of nitrogens with one attached hydrogen (secondary N) is 3. The Morgan fingerprint density at radius 3 is 2.61 bits per heavy atom. The molecule has 0 saturated heterocycles. The molecule has 0 spiro atoms. The maximum Gasteiger partial charge on any atom is 0.116 e. The molecule has 0 fully saturated rings. The van der Waals surface area contributed by atoms with Crippen LogP contribution in [0.2, 0.25) is 0 Å². The number of rotatable bonds is 7. The highest BCUT2D eigenvalue weighted by Gasteiger charge is 2.16. The van der Waals surface area contributed by atoms with Gasteiger partial charge in [-0.2, -0.15) is 10.2 Å². The lowest BCUT2D eigenvalue weighted by molar-refractivity contribution is 1.06. The first-order valence-corrected chi connectivity index (χ1v) is 11.4. The summed E-state index contributed by atoms with van der Waals surface area (Å²) in [6, 6.07) is 6.39. The Morgan fingerprint density at radius 1 is 1.15 bits per heavy atom. The topological polar surface area (TPSA) is 73.2 Å². The summed E-state index contributed by atoms with van der Waals surface area (Å²) in [6.07, 6.45) is 11.6. The highest BCUT2D eigenvalue weighted by atomic mass is 32.1. The average molecular weight is 454 g/mol. The van der Waals surface area contributed by atoms with E-state index in [2.05, 4.69) is 70.2 Å². The Balaban J connectivity index is 1.71. The number of aromatic nitrogens is 5. The fourth-order valence-electron chi connectivity index (χ4n) is 3.61. The maximum atomic E-state index is 4.54. The number of aryl methyl sites for hydroxylation is 1. The van der Waals surface area contributed by atoms with Gasteiger partial charge in [-0.15, -0.1) is 11.3 Å². The average Bonchev–Trinajstić information content (AvgIpc) is 3.57. The van der Waals surface area contributed by atoms with Crippen molar-refractivity contribution < 1.29 is 0 Å². The molecule has 0 aliphatic carbocycles. The Labute approximate surface area is 197 Å². The molecule has 0 aliphatic heterocycles. The molecule has 0 aromatic carbocycles. The van der Waals surface area contributed by atoms with Gasteiger partial charge in [0.1, 0.15) is 5.69 Å². The second-order valence-electron chi connectivity index (χ2n) is 7.95. The van der Waals surface area contributed by atoms with E-state index in [9.17, 15) is 0 Å². The Hall–Kier alpha value is -3.90. The molecule has 33 heavy (non-hydrogen) atoms. The van der Waals surface area contributed by atoms with Crippen LogP contribution >= 0.6 is 11.3 Å². The van der Waals surface area contributed by atoms with Gasteiger partial charge in [-0.1, -0.05) is 38.0 Å². The molecule has 0 saturated carbocycles. The summed E-state index contributed by atoms with van der Waals surface area (Å²) in [4.78, 5) is 5.84. The minimum absolute atomic E-state index is 0.803. The highest BCUT2D eigenvalue weighted by Crippen LogP contribution is 2.35. The van der Waals surface area contributed by atoms with Gasteiger partial charge in [-0.3, -0.25) is 10.2 Å². The molecule has 0 unspecified atom stereocenters. The number of nitrogens with zero attached hydrogens (tertiary/aromatic N) is 2. The van der Waals surface area contributed by atoms with Crippen molar-refractivity contribution in [2.24, 2.45) is 0 Å². The van der Waals surface area contributed by atoms with Gasteiger partial charge in [0.15, 0.2) is 0 Å². The van der Waals surface area contributed by atoms with Gasteiger partial charge in [0.05, 0.1) is 17.2 Å². The van der Waals surface area contributed by atoms with Crippen LogP contribution in [0.15, 0.2) is 62.0 Å². The zero-order valence-electron chi connectivity index (χ0n) is 19.1. The lowest BCUT2D eigenvalue weighted by Crippen LogP contribution is -2.21. The summed E-state index contributed by atoms with van der Waals surface area (Å²) in [7, 11) is 0. The van der Waals surface area contributed by atoms with Crippen LogP contribution in [0.25, 0.3) is 40.8 Å². The smallest absolute Gasteiger partial charge is 0.116 e. The summed E-state index contributed by atoms with van der Waals surface area (Å²) in [5, 5.41) is 16.2. The predicted octanol–water partition coefficient (Wildman–Crippen LogP) is 5.44. The molecule has 4 rings (SSSR count). The first kappa shape index (κ1) is 22.3. The van der Waals surface area contributed by atoms with Gasteiger partial charge >= 0.3 is 0 Å². The minimum Gasteiger partial charge on any atom is -0.357 e. The number of H-pyrrole nitrogens is 3. The van der Waals surface area contributed by atoms with Gasteiger partial charge in [-0.05, 0) is 56.2 Å². The van der Waals surface area contributed by atoms with Crippen LogP contribution in [0, 0.1) is 6.92 Å². The molecular weight excluding hydrogens is 426 g/mol. The molecule has 4 aromatic heterocycles. The van der Waals surface area contributed by atoms with E-state index in [1.165, 1.54) is 9.75 Å². The summed E-state index contributed by atoms with van der Waals surface area (Å²) in [6.45, 7) is 18.4. The van der Waals surface area contributed by atoms with Crippen LogP contribution in [-0.2, 0) is 0 Å². The third-order valence-electron chi connectivity index (χ3n) is 5.49. The third-order valence-corrected chi connectivity index (χ3v) is 6.77. The van der Waals surface area contributed by atoms with Crippen LogP contribution in [-0.4, -0.2) is 25.4 Å². The van der Waals surface area contributed by atoms with Crippen molar-refractivity contribution in [2.45, 2.75) is 20.8 Å². The van der Waals surface area contributed by atoms with E-state index in [-0.39, 0.29) is 0 Å². The van der Waals surface area contributed by atoms with E-state index >= 15 is 0 Å². The Kier molecular flexibility index (Phi) is 6.29. The number of hydrogen-bond acceptors (Lipinski definition) is 3. The molecule has 5 nitrogen and oxygen atoms in total. The van der Waals surface area contributed by atoms with Crippen molar-refractivity contribution >= 4 is 40.7 Å². The van der Waals surface area contributed by atoms with E-state index in [0.29, 0.717) is 0 Å². The molecule has 4 aromatic rings. The summed E-state index contributed by atoms with van der Waals surface area (Å²) >= 11 is 1.73. The zero-order valence-corrected chi connectivity index (χ0v) is 19.9. The van der Waals surface area contributed by atoms with E-state index in [4.69, 9.17) is 0 Å². The lowest BCUT2D eigenvalue weighted by atomic mass is 10.0. The van der Waals surface area contributed by atoms with Crippen molar-refractivity contribution in [3.63, 3.8) is 0 Å². The van der Waals surface area contributed by atoms with E-state index < -0.39 is 0 Å². The molecule has 3 N–H and O–H groups in total. The fourth-order valence-corrected chi connectivity index (χ4v) is 4.58. The number of allylic oxidation sites excluding steroid dienone is 5. The predicted molar refractivity (Wildman–Crippen MR) is 141 cm³/mol. The Morgan fingerprint density at radius 2 is 1.94 bits per heavy atom. The van der Waals surface area contributed by atoms with Crippen LogP contribution in [0.1, 0.15) is 40.4 Å². The van der Waals surface area contributed by atoms with Crippen molar-refractivity contribution in [2.75, 3.05) is 0 Å². The first-order chi connectivity index (χ1) is 15.9. The molecule has 0 amide bonds. The SMILES string of the molecule is C=C/C=C(/c1ccc(C(=C)C)s1)c1cc(-c2n[nH]/c(=C/C=C(\C)c3cn[nH]c3)c2=C)[nH]c1C. The van der Waals surface area contributed by atoms with Crippen molar-refractivity contribution in [1.29, 1.82) is 0 Å². The first-order valence-electron chi connectivity index (χ1n) is 10.6. The number of aromatic amines is 3. The normalized spacial score (nSPS) is 13.0. The second kappa shape index (κ2) is 9.30. The molecule has 6 heteroatoms. The Bertz CT molecular complexity index is 1490. The largest absolute Gasteiger partial charge is 0.357 e. The van der Waals surface area contributed by atoms with Crippen molar-refractivity contribution in [1.82, 2.24) is 25.4 Å². The molecule has 0 atom stereocenters. The van der Waals surface area contributed by atoms with Crippen LogP contribution in [0.3, 0.4) is 0 Å². The van der Waals surface area contributed by atoms with E-state index in [1.54, 1.807) is 17.5 Å². The van der Waals surface area contributed by atoms with E-state index in [1.807, 2.05) is 44.3 Å². The molecule has 0 bridgehead atoms. The lowest BCUT2D eigenvalue weighted by Gasteiger charge is -2.04. The summed E-state index contributed by atoms with van der Waals surface area (Å²) < 4.78 is 0. The van der Waals surface area contributed by atoms with Crippen molar-refractivity contribution in [3.05, 3.63) is 99.1 Å². The summed E-state index contributed by atoms with van der Waals surface area (Å²) in [5.74, 6) is 0.